The molecule has 2 heterocycles. The van der Waals surface area contributed by atoms with Crippen LogP contribution in [0.15, 0.2) is 56.9 Å². The van der Waals surface area contributed by atoms with Crippen LogP contribution in [0.4, 0.5) is 0 Å². The van der Waals surface area contributed by atoms with Gasteiger partial charge >= 0.3 is 0 Å². The van der Waals surface area contributed by atoms with E-state index in [1.807, 2.05) is 38.4 Å². The fraction of sp³-hybridized carbons (Fsp3) is 0.238. The van der Waals surface area contributed by atoms with Gasteiger partial charge in [0.2, 0.25) is 0 Å². The van der Waals surface area contributed by atoms with Crippen LogP contribution in [-0.4, -0.2) is 42.1 Å². The van der Waals surface area contributed by atoms with E-state index >= 15 is 0 Å². The number of nitrogens with zero attached hydrogens (tertiary/aromatic N) is 1. The van der Waals surface area contributed by atoms with E-state index in [1.165, 1.54) is 12.5 Å². The van der Waals surface area contributed by atoms with Crippen molar-refractivity contribution < 1.29 is 9.15 Å². The van der Waals surface area contributed by atoms with E-state index in [-0.39, 0.29) is 21.8 Å². The second kappa shape index (κ2) is 9.05. The van der Waals surface area contributed by atoms with Gasteiger partial charge in [-0.3, -0.25) is 9.59 Å². The fourth-order valence-electron chi connectivity index (χ4n) is 2.62. The summed E-state index contributed by atoms with van der Waals surface area (Å²) in [6.07, 6.45) is 7.10. The molecule has 7 heteroatoms. The summed E-state index contributed by atoms with van der Waals surface area (Å²) < 4.78 is 10.6. The molecule has 0 saturated carbocycles. The number of ether oxygens (including phenoxy) is 1. The quantitative estimate of drug-likeness (QED) is 0.586. The van der Waals surface area contributed by atoms with Gasteiger partial charge in [0.25, 0.3) is 11.1 Å². The minimum Gasteiger partial charge on any atom is -0.494 e. The lowest BCUT2D eigenvalue weighted by Crippen LogP contribution is -2.46. The van der Waals surface area contributed by atoms with E-state index in [9.17, 15) is 9.59 Å². The maximum absolute atomic E-state index is 12.3. The first kappa shape index (κ1) is 19.4. The van der Waals surface area contributed by atoms with Gasteiger partial charge in [0, 0.05) is 12.1 Å². The highest BCUT2D eigenvalue weighted by Crippen LogP contribution is 2.12. The van der Waals surface area contributed by atoms with Crippen molar-refractivity contribution in [3.8, 4) is 5.75 Å². The van der Waals surface area contributed by atoms with E-state index in [0.29, 0.717) is 12.2 Å². The minimum atomic E-state index is -0.382. The number of hydrogen-bond donors (Lipinski definition) is 2. The first-order chi connectivity index (χ1) is 13.5. The number of aromatic amines is 2. The molecule has 0 amide bonds. The predicted octanol–water partition coefficient (Wildman–Crippen LogP) is 0.644. The Balaban J connectivity index is 1.77. The summed E-state index contributed by atoms with van der Waals surface area (Å²) in [5.74, 6) is 0.767. The van der Waals surface area contributed by atoms with Crippen molar-refractivity contribution in [3.05, 3.63) is 85.4 Å². The van der Waals surface area contributed by atoms with E-state index in [0.717, 1.165) is 24.3 Å². The summed E-state index contributed by atoms with van der Waals surface area (Å²) in [6, 6.07) is 9.06. The first-order valence-corrected chi connectivity index (χ1v) is 8.97. The second-order valence-electron chi connectivity index (χ2n) is 6.66. The van der Waals surface area contributed by atoms with Crippen molar-refractivity contribution in [1.82, 2.24) is 14.9 Å². The zero-order valence-corrected chi connectivity index (χ0v) is 15.9. The van der Waals surface area contributed by atoms with Gasteiger partial charge in [-0.1, -0.05) is 12.1 Å². The van der Waals surface area contributed by atoms with Crippen LogP contribution < -0.4 is 26.6 Å². The molecule has 0 aliphatic rings. The number of benzene rings is 1. The van der Waals surface area contributed by atoms with Crippen molar-refractivity contribution in [2.24, 2.45) is 0 Å². The Bertz CT molecular complexity index is 1120. The monoisotopic (exact) mass is 381 g/mol. The molecule has 146 valence electrons. The molecule has 0 atom stereocenters. The third-order valence-corrected chi connectivity index (χ3v) is 4.05. The van der Waals surface area contributed by atoms with Crippen molar-refractivity contribution in [2.75, 3.05) is 27.2 Å². The smallest absolute Gasteiger partial charge is 0.272 e. The van der Waals surface area contributed by atoms with Crippen molar-refractivity contribution in [1.29, 1.82) is 0 Å². The third kappa shape index (κ3) is 5.34. The van der Waals surface area contributed by atoms with E-state index in [2.05, 4.69) is 14.9 Å². The Morgan fingerprint density at radius 1 is 0.964 bits per heavy atom. The van der Waals surface area contributed by atoms with Gasteiger partial charge < -0.3 is 24.0 Å². The van der Waals surface area contributed by atoms with Crippen LogP contribution in [0.3, 0.4) is 0 Å². The van der Waals surface area contributed by atoms with Crippen LogP contribution in [0.2, 0.25) is 0 Å². The zero-order valence-electron chi connectivity index (χ0n) is 15.9. The van der Waals surface area contributed by atoms with E-state index in [4.69, 9.17) is 9.15 Å². The van der Waals surface area contributed by atoms with Crippen molar-refractivity contribution >= 4 is 12.2 Å². The summed E-state index contributed by atoms with van der Waals surface area (Å²) in [7, 11) is 4.05. The molecule has 0 aliphatic heterocycles. The van der Waals surface area contributed by atoms with Gasteiger partial charge in [0.05, 0.1) is 19.1 Å². The molecule has 0 fully saturated rings. The number of hydrogen-bond acceptors (Lipinski definition) is 5. The zero-order chi connectivity index (χ0) is 19.9. The molecule has 0 saturated heterocycles. The molecule has 2 N–H and O–H groups in total. The molecule has 3 rings (SSSR count). The Kier molecular flexibility index (Phi) is 6.29. The molecular formula is C21H23N3O4. The molecule has 0 unspecified atom stereocenters. The molecular weight excluding hydrogens is 358 g/mol. The average Bonchev–Trinajstić information content (AvgIpc) is 3.17. The molecule has 1 aromatic carbocycles. The third-order valence-electron chi connectivity index (χ3n) is 4.05. The summed E-state index contributed by atoms with van der Waals surface area (Å²) in [6.45, 7) is 1.61. The molecule has 7 nitrogen and oxygen atoms in total. The highest BCUT2D eigenvalue weighted by atomic mass is 16.5. The summed E-state index contributed by atoms with van der Waals surface area (Å²) in [5.41, 5.74) is 0.721. The summed E-state index contributed by atoms with van der Waals surface area (Å²) in [4.78, 5) is 31.8. The largest absolute Gasteiger partial charge is 0.494 e. The lowest BCUT2D eigenvalue weighted by atomic mass is 10.2. The molecule has 28 heavy (non-hydrogen) atoms. The number of nitrogens with one attached hydrogen (secondary N) is 2. The topological polar surface area (TPSA) is 91.3 Å². The van der Waals surface area contributed by atoms with Crippen LogP contribution in [0.25, 0.3) is 12.2 Å². The molecule has 0 radical (unpaired) electrons. The maximum atomic E-state index is 12.3. The predicted molar refractivity (Wildman–Crippen MR) is 108 cm³/mol. The lowest BCUT2D eigenvalue weighted by Gasteiger charge is -2.10. The Hall–Kier alpha value is -3.32. The van der Waals surface area contributed by atoms with Crippen LogP contribution in [0, 0.1) is 0 Å². The number of H-pyrrole nitrogens is 2. The first-order valence-electron chi connectivity index (χ1n) is 8.97. The maximum Gasteiger partial charge on any atom is 0.272 e. The van der Waals surface area contributed by atoms with Gasteiger partial charge in [-0.15, -0.1) is 0 Å². The van der Waals surface area contributed by atoms with Crippen LogP contribution in [0.5, 0.6) is 5.75 Å². The van der Waals surface area contributed by atoms with Gasteiger partial charge in [-0.05, 0) is 56.4 Å². The molecule has 0 spiro atoms. The highest BCUT2D eigenvalue weighted by molar-refractivity contribution is 5.50. The number of rotatable bonds is 7. The normalized spacial score (nSPS) is 12.7. The average molecular weight is 381 g/mol. The van der Waals surface area contributed by atoms with Gasteiger partial charge in [0.1, 0.15) is 16.4 Å². The lowest BCUT2D eigenvalue weighted by molar-refractivity contribution is 0.281. The van der Waals surface area contributed by atoms with Crippen LogP contribution >= 0.6 is 0 Å². The Morgan fingerprint density at radius 2 is 1.61 bits per heavy atom. The molecule has 2 aromatic heterocycles. The Labute approximate surface area is 161 Å². The van der Waals surface area contributed by atoms with Gasteiger partial charge in [0.15, 0.2) is 0 Å². The molecule has 0 bridgehead atoms. The molecule has 3 aromatic rings. The summed E-state index contributed by atoms with van der Waals surface area (Å²) >= 11 is 0. The second-order valence-corrected chi connectivity index (χ2v) is 6.66. The number of aromatic nitrogens is 2. The van der Waals surface area contributed by atoms with E-state index in [1.54, 1.807) is 18.2 Å². The SMILES string of the molecule is CN(C)CCCOc1ccc(C=c2[nH]c(=O)c(=Cc3ccoc3)[nH]c2=O)cc1. The summed E-state index contributed by atoms with van der Waals surface area (Å²) in [5, 5.41) is 0.360. The molecule has 0 aliphatic carbocycles. The standard InChI is InChI=1S/C21H23N3O4/c1-24(2)9-3-10-28-17-6-4-15(5-7-17)12-18-20(25)23-19(21(26)22-18)13-16-8-11-27-14-16/h4-8,11-14H,3,9-10H2,1-2H3,(H,22,26)(H,23,25). The Morgan fingerprint density at radius 3 is 2.18 bits per heavy atom. The highest BCUT2D eigenvalue weighted by Gasteiger charge is 1.99. The number of furan rings is 1. The van der Waals surface area contributed by atoms with Crippen molar-refractivity contribution in [2.45, 2.75) is 6.42 Å². The minimum absolute atomic E-state index is 0.171. The fourth-order valence-corrected chi connectivity index (χ4v) is 2.62. The van der Waals surface area contributed by atoms with Crippen molar-refractivity contribution in [3.63, 3.8) is 0 Å². The van der Waals surface area contributed by atoms with Gasteiger partial charge in [-0.25, -0.2) is 0 Å². The van der Waals surface area contributed by atoms with Gasteiger partial charge in [-0.2, -0.15) is 0 Å². The van der Waals surface area contributed by atoms with Crippen LogP contribution in [-0.2, 0) is 0 Å². The van der Waals surface area contributed by atoms with E-state index < -0.39 is 0 Å². The van der Waals surface area contributed by atoms with Crippen LogP contribution in [0.1, 0.15) is 17.5 Å².